The van der Waals surface area contributed by atoms with Crippen molar-refractivity contribution >= 4 is 11.8 Å². The summed E-state index contributed by atoms with van der Waals surface area (Å²) in [5.74, 6) is -0.659. The Balaban J connectivity index is 0.000000162. The highest BCUT2D eigenvalue weighted by atomic mass is 19.4. The molecule has 2 aromatic carbocycles. The minimum absolute atomic E-state index is 0.243. The van der Waals surface area contributed by atoms with Gasteiger partial charge in [-0.15, -0.1) is 0 Å². The Morgan fingerprint density at radius 2 is 0.922 bits per heavy atom. The number of aryl methyl sites for hydroxylation is 4. The minimum Gasteiger partial charge on any atom is -0.326 e. The zero-order chi connectivity index (χ0) is 45.6. The zero-order valence-corrected chi connectivity index (χ0v) is 35.1. The van der Waals surface area contributed by atoms with Crippen LogP contribution in [0.1, 0.15) is 104 Å². The van der Waals surface area contributed by atoms with Crippen molar-refractivity contribution in [1.29, 1.82) is 0 Å². The third-order valence-electron chi connectivity index (χ3n) is 12.6. The quantitative estimate of drug-likeness (QED) is 0.165. The molecule has 2 saturated heterocycles. The highest BCUT2D eigenvalue weighted by Gasteiger charge is 2.45. The first kappa shape index (κ1) is 42.6. The first-order valence-corrected chi connectivity index (χ1v) is 20.8. The molecule has 2 amide bonds. The van der Waals surface area contributed by atoms with Gasteiger partial charge in [0.25, 0.3) is 22.9 Å². The van der Waals surface area contributed by atoms with Gasteiger partial charge >= 0.3 is 12.4 Å². The normalized spacial score (nSPS) is 20.4. The van der Waals surface area contributed by atoms with Gasteiger partial charge in [0.2, 0.25) is 0 Å². The number of carbonyl (C=O) groups excluding carboxylic acids is 2. The summed E-state index contributed by atoms with van der Waals surface area (Å²) in [5, 5.41) is 0. The molecular formula is C46H42F6N8O4. The molecule has 0 bridgehead atoms. The maximum absolute atomic E-state index is 13.4. The van der Waals surface area contributed by atoms with E-state index in [9.17, 15) is 45.5 Å². The van der Waals surface area contributed by atoms with Gasteiger partial charge in [0, 0.05) is 25.5 Å². The first-order chi connectivity index (χ1) is 30.3. The fourth-order valence-corrected chi connectivity index (χ4v) is 9.79. The van der Waals surface area contributed by atoms with E-state index in [-0.39, 0.29) is 46.4 Å². The first-order valence-electron chi connectivity index (χ1n) is 20.8. The minimum atomic E-state index is -4.45. The van der Waals surface area contributed by atoms with Crippen molar-refractivity contribution in [2.24, 2.45) is 0 Å². The summed E-state index contributed by atoms with van der Waals surface area (Å²) < 4.78 is 86.3. The molecule has 12 nitrogen and oxygen atoms in total. The van der Waals surface area contributed by atoms with Crippen molar-refractivity contribution in [2.45, 2.75) is 103 Å². The highest BCUT2D eigenvalue weighted by molar-refractivity contribution is 5.95. The number of fused-ring (bicyclic) bond motifs is 4. The van der Waals surface area contributed by atoms with Crippen LogP contribution < -0.4 is 11.1 Å². The standard InChI is InChI=1S/2C23H21F3N4O2/c2*1-13-7-15(9-16(8-13)23(24,25)26)18-4-3-17-11-29-20(22(32)30(17)18)6-5-19(21(29)31)28-10-14(2)27-12-28/h2*5-10,12,17-18H,3-4,11H2,1-2H3. The van der Waals surface area contributed by atoms with Crippen LogP contribution in [0.15, 0.2) is 95.3 Å². The second-order valence-electron chi connectivity index (χ2n) is 17.1. The number of imidazole rings is 2. The molecule has 10 rings (SSSR count). The van der Waals surface area contributed by atoms with Crippen LogP contribution in [-0.4, -0.2) is 61.9 Å². The zero-order valence-electron chi connectivity index (χ0n) is 35.1. The van der Waals surface area contributed by atoms with Gasteiger partial charge in [-0.05, 0) is 113 Å². The topological polar surface area (TPSA) is 120 Å². The number of hydrogen-bond acceptors (Lipinski definition) is 6. The van der Waals surface area contributed by atoms with Crippen molar-refractivity contribution in [2.75, 3.05) is 0 Å². The third-order valence-corrected chi connectivity index (χ3v) is 12.6. The van der Waals surface area contributed by atoms with Gasteiger partial charge in [-0.2, -0.15) is 26.3 Å². The van der Waals surface area contributed by atoms with E-state index >= 15 is 0 Å². The maximum atomic E-state index is 13.4. The predicted octanol–water partition coefficient (Wildman–Crippen LogP) is 8.06. The van der Waals surface area contributed by atoms with Crippen LogP contribution >= 0.6 is 0 Å². The fourth-order valence-electron chi connectivity index (χ4n) is 9.79. The fraction of sp³-hybridized carbons (Fsp3) is 0.348. The average Bonchev–Trinajstić information content (AvgIpc) is 4.05. The molecule has 4 aromatic heterocycles. The lowest BCUT2D eigenvalue weighted by Crippen LogP contribution is -2.49. The van der Waals surface area contributed by atoms with E-state index < -0.39 is 35.6 Å². The summed E-state index contributed by atoms with van der Waals surface area (Å²) in [5.41, 5.74) is 2.81. The molecule has 18 heteroatoms. The van der Waals surface area contributed by atoms with Gasteiger partial charge in [0.1, 0.15) is 22.8 Å². The smallest absolute Gasteiger partial charge is 0.326 e. The van der Waals surface area contributed by atoms with Crippen LogP contribution in [0.5, 0.6) is 0 Å². The molecule has 0 radical (unpaired) electrons. The van der Waals surface area contributed by atoms with E-state index in [0.29, 0.717) is 72.4 Å². The number of nitrogens with zero attached hydrogens (tertiary/aromatic N) is 8. The molecule has 4 atom stereocenters. The summed E-state index contributed by atoms with van der Waals surface area (Å²) >= 11 is 0. The van der Waals surface area contributed by atoms with Crippen molar-refractivity contribution in [1.82, 2.24) is 38.0 Å². The van der Waals surface area contributed by atoms with Crippen LogP contribution in [0.2, 0.25) is 0 Å². The van der Waals surface area contributed by atoms with Crippen LogP contribution in [0.4, 0.5) is 26.3 Å². The van der Waals surface area contributed by atoms with Crippen molar-refractivity contribution < 1.29 is 35.9 Å². The predicted molar refractivity (Wildman–Crippen MR) is 221 cm³/mol. The maximum Gasteiger partial charge on any atom is 0.416 e. The van der Waals surface area contributed by atoms with Gasteiger partial charge in [0.05, 0.1) is 59.3 Å². The number of hydrogen-bond donors (Lipinski definition) is 0. The molecule has 4 aliphatic heterocycles. The van der Waals surface area contributed by atoms with Crippen molar-refractivity contribution in [3.05, 3.63) is 163 Å². The second kappa shape index (κ2) is 15.5. The van der Waals surface area contributed by atoms with Crippen LogP contribution in [0, 0.1) is 27.7 Å². The number of aromatic nitrogens is 6. The number of benzene rings is 2. The molecule has 0 saturated carbocycles. The summed E-state index contributed by atoms with van der Waals surface area (Å²) in [6.07, 6.45) is 0.0117. The molecule has 0 spiro atoms. The molecule has 0 N–H and O–H groups in total. The van der Waals surface area contributed by atoms with Gasteiger partial charge in [-0.1, -0.05) is 23.3 Å². The Labute approximate surface area is 362 Å². The molecule has 6 aromatic rings. The molecule has 4 unspecified atom stereocenters. The van der Waals surface area contributed by atoms with E-state index in [1.165, 1.54) is 9.13 Å². The number of carbonyl (C=O) groups is 2. The monoisotopic (exact) mass is 884 g/mol. The Hall–Kier alpha value is -6.72. The summed E-state index contributed by atoms with van der Waals surface area (Å²) in [6, 6.07) is 12.9. The number of alkyl halides is 6. The second-order valence-corrected chi connectivity index (χ2v) is 17.1. The van der Waals surface area contributed by atoms with E-state index in [1.54, 1.807) is 94.2 Å². The lowest BCUT2D eigenvalue weighted by Gasteiger charge is -2.36. The summed E-state index contributed by atoms with van der Waals surface area (Å²) in [4.78, 5) is 64.6. The number of amides is 2. The molecule has 332 valence electrons. The largest absolute Gasteiger partial charge is 0.416 e. The third kappa shape index (κ3) is 7.51. The molecule has 8 heterocycles. The Kier molecular flexibility index (Phi) is 10.3. The Morgan fingerprint density at radius 3 is 1.27 bits per heavy atom. The van der Waals surface area contributed by atoms with E-state index in [2.05, 4.69) is 9.97 Å². The van der Waals surface area contributed by atoms with E-state index in [0.717, 1.165) is 35.7 Å². The lowest BCUT2D eigenvalue weighted by molar-refractivity contribution is -0.138. The number of pyridine rings is 2. The van der Waals surface area contributed by atoms with Crippen LogP contribution in [0.25, 0.3) is 11.4 Å². The van der Waals surface area contributed by atoms with Crippen molar-refractivity contribution in [3.63, 3.8) is 0 Å². The van der Waals surface area contributed by atoms with Gasteiger partial charge in [-0.3, -0.25) is 19.2 Å². The molecule has 0 aliphatic carbocycles. The van der Waals surface area contributed by atoms with Crippen LogP contribution in [0.3, 0.4) is 0 Å². The Morgan fingerprint density at radius 1 is 0.531 bits per heavy atom. The average molecular weight is 885 g/mol. The number of halogens is 6. The Bertz CT molecular complexity index is 2780. The SMILES string of the molecule is Cc1cc(C2CCC3Cn4c(ccc(-n5cnc(C)c5)c4=O)C(=O)N32)cc(C(F)(F)F)c1.Cc1cc(C2CCC3Cn4c(ccc(-n5cnc(C)c5)c4=O)C(=O)N32)cc(C(F)(F)F)c1. The summed E-state index contributed by atoms with van der Waals surface area (Å²) in [7, 11) is 0. The van der Waals surface area contributed by atoms with E-state index in [1.807, 2.05) is 13.8 Å². The lowest BCUT2D eigenvalue weighted by atomic mass is 9.98. The van der Waals surface area contributed by atoms with Crippen LogP contribution in [-0.2, 0) is 25.4 Å². The molecular weight excluding hydrogens is 843 g/mol. The van der Waals surface area contributed by atoms with Gasteiger partial charge in [-0.25, -0.2) is 9.97 Å². The number of rotatable bonds is 4. The molecule has 2 fully saturated rings. The summed E-state index contributed by atoms with van der Waals surface area (Å²) in [6.45, 7) is 7.52. The highest BCUT2D eigenvalue weighted by Crippen LogP contribution is 2.44. The van der Waals surface area contributed by atoms with Gasteiger partial charge < -0.3 is 28.1 Å². The molecule has 4 aliphatic rings. The molecule has 64 heavy (non-hydrogen) atoms. The van der Waals surface area contributed by atoms with Crippen molar-refractivity contribution in [3.8, 4) is 11.4 Å². The van der Waals surface area contributed by atoms with Gasteiger partial charge in [0.15, 0.2) is 0 Å². The van der Waals surface area contributed by atoms with E-state index in [4.69, 9.17) is 0 Å².